The summed E-state index contributed by atoms with van der Waals surface area (Å²) in [6.07, 6.45) is 3.48. The number of nitrogens with zero attached hydrogens (tertiary/aromatic N) is 2. The third-order valence-corrected chi connectivity index (χ3v) is 3.79. The van der Waals surface area contributed by atoms with E-state index in [1.807, 2.05) is 19.9 Å². The fourth-order valence-electron chi connectivity index (χ4n) is 1.68. The molecule has 0 atom stereocenters. The second-order valence-electron chi connectivity index (χ2n) is 4.25. The van der Waals surface area contributed by atoms with Crippen LogP contribution in [0.15, 0.2) is 18.5 Å². The number of carbonyl (C=O) groups excluding carboxylic acids is 1. The molecule has 106 valence electrons. The molecule has 0 bridgehead atoms. The Hall–Kier alpha value is -2.15. The van der Waals surface area contributed by atoms with Crippen LogP contribution in [-0.4, -0.2) is 22.4 Å². The molecule has 0 spiro atoms. The highest BCUT2D eigenvalue weighted by Crippen LogP contribution is 2.24. The van der Waals surface area contributed by atoms with Gasteiger partial charge in [-0.15, -0.1) is 0 Å². The van der Waals surface area contributed by atoms with Crippen molar-refractivity contribution in [1.82, 2.24) is 15.3 Å². The summed E-state index contributed by atoms with van der Waals surface area (Å²) >= 11 is 1.26. The third kappa shape index (κ3) is 3.24. The number of rotatable bonds is 5. The largest absolute Gasteiger partial charge is 0.382 e. The molecule has 2 heterocycles. The summed E-state index contributed by atoms with van der Waals surface area (Å²) in [5.74, 6) is 0.0512. The topological polar surface area (TPSA) is 92.9 Å². The zero-order valence-electron chi connectivity index (χ0n) is 11.4. The van der Waals surface area contributed by atoms with Crippen molar-refractivity contribution >= 4 is 28.2 Å². The van der Waals surface area contributed by atoms with Gasteiger partial charge in [0.05, 0.1) is 0 Å². The standard InChI is InChI=1S/C13H17N5OS/c1-3-16-13-18-11(14)10(20-13)12(19)17-7-9-4-5-15-6-8(9)2/h4-6H,3,7,14H2,1-2H3,(H,16,18)(H,17,19). The second-order valence-corrected chi connectivity index (χ2v) is 5.25. The number of pyridine rings is 1. The van der Waals surface area contributed by atoms with E-state index < -0.39 is 0 Å². The van der Waals surface area contributed by atoms with Gasteiger partial charge in [-0.25, -0.2) is 4.98 Å². The molecule has 0 unspecified atom stereocenters. The Morgan fingerprint density at radius 3 is 3.00 bits per heavy atom. The van der Waals surface area contributed by atoms with Crippen LogP contribution < -0.4 is 16.4 Å². The van der Waals surface area contributed by atoms with Gasteiger partial charge < -0.3 is 16.4 Å². The average Bonchev–Trinajstić information content (AvgIpc) is 2.79. The highest BCUT2D eigenvalue weighted by atomic mass is 32.1. The quantitative estimate of drug-likeness (QED) is 0.781. The Labute approximate surface area is 121 Å². The molecular weight excluding hydrogens is 274 g/mol. The molecule has 6 nitrogen and oxygen atoms in total. The maximum Gasteiger partial charge on any atom is 0.265 e. The van der Waals surface area contributed by atoms with E-state index in [0.717, 1.165) is 17.7 Å². The van der Waals surface area contributed by atoms with Crippen molar-refractivity contribution in [2.45, 2.75) is 20.4 Å². The van der Waals surface area contributed by atoms with Crippen LogP contribution in [0.4, 0.5) is 10.9 Å². The smallest absolute Gasteiger partial charge is 0.265 e. The third-order valence-electron chi connectivity index (χ3n) is 2.76. The summed E-state index contributed by atoms with van der Waals surface area (Å²) in [7, 11) is 0. The Morgan fingerprint density at radius 2 is 2.30 bits per heavy atom. The maximum absolute atomic E-state index is 12.1. The van der Waals surface area contributed by atoms with E-state index >= 15 is 0 Å². The number of nitrogens with two attached hydrogens (primary N) is 1. The number of hydrogen-bond acceptors (Lipinski definition) is 6. The maximum atomic E-state index is 12.1. The van der Waals surface area contributed by atoms with Crippen LogP contribution in [0, 0.1) is 6.92 Å². The van der Waals surface area contributed by atoms with Crippen LogP contribution in [0.25, 0.3) is 0 Å². The molecule has 0 fully saturated rings. The van der Waals surface area contributed by atoms with Gasteiger partial charge >= 0.3 is 0 Å². The predicted octanol–water partition coefficient (Wildman–Crippen LogP) is 1.79. The van der Waals surface area contributed by atoms with Crippen molar-refractivity contribution < 1.29 is 4.79 Å². The number of aryl methyl sites for hydroxylation is 1. The van der Waals surface area contributed by atoms with E-state index in [0.29, 0.717) is 16.6 Å². The summed E-state index contributed by atoms with van der Waals surface area (Å²) in [5.41, 5.74) is 7.83. The van der Waals surface area contributed by atoms with E-state index in [1.54, 1.807) is 12.4 Å². The number of nitrogens with one attached hydrogen (secondary N) is 2. The van der Waals surface area contributed by atoms with Gasteiger partial charge in [0.2, 0.25) is 0 Å². The van der Waals surface area contributed by atoms with E-state index in [9.17, 15) is 4.79 Å². The van der Waals surface area contributed by atoms with Gasteiger partial charge in [0, 0.05) is 25.5 Å². The highest BCUT2D eigenvalue weighted by molar-refractivity contribution is 7.18. The molecule has 4 N–H and O–H groups in total. The molecule has 0 aliphatic rings. The van der Waals surface area contributed by atoms with Crippen molar-refractivity contribution in [3.05, 3.63) is 34.5 Å². The van der Waals surface area contributed by atoms with Crippen molar-refractivity contribution in [2.24, 2.45) is 0 Å². The van der Waals surface area contributed by atoms with Gasteiger partial charge in [0.1, 0.15) is 10.7 Å². The van der Waals surface area contributed by atoms with Crippen LogP contribution in [0.2, 0.25) is 0 Å². The monoisotopic (exact) mass is 291 g/mol. The van der Waals surface area contributed by atoms with Gasteiger partial charge in [-0.2, -0.15) is 0 Å². The summed E-state index contributed by atoms with van der Waals surface area (Å²) in [6.45, 7) is 5.10. The Bertz CT molecular complexity index is 611. The lowest BCUT2D eigenvalue weighted by atomic mass is 10.1. The van der Waals surface area contributed by atoms with E-state index in [2.05, 4.69) is 20.6 Å². The van der Waals surface area contributed by atoms with Gasteiger partial charge in [-0.3, -0.25) is 9.78 Å². The minimum Gasteiger partial charge on any atom is -0.382 e. The van der Waals surface area contributed by atoms with Crippen LogP contribution in [0.3, 0.4) is 0 Å². The molecule has 0 saturated heterocycles. The molecule has 20 heavy (non-hydrogen) atoms. The number of nitrogen functional groups attached to an aromatic ring is 1. The zero-order chi connectivity index (χ0) is 14.5. The number of amides is 1. The SMILES string of the molecule is CCNc1nc(N)c(C(=O)NCc2ccncc2C)s1. The van der Waals surface area contributed by atoms with Crippen molar-refractivity contribution in [1.29, 1.82) is 0 Å². The first kappa shape index (κ1) is 14.3. The molecule has 0 aliphatic heterocycles. The molecule has 7 heteroatoms. The fourth-order valence-corrected chi connectivity index (χ4v) is 2.55. The Balaban J connectivity index is 2.03. The van der Waals surface area contributed by atoms with Gasteiger partial charge in [-0.05, 0) is 31.0 Å². The number of hydrogen-bond donors (Lipinski definition) is 3. The second kappa shape index (κ2) is 6.33. The molecular formula is C13H17N5OS. The highest BCUT2D eigenvalue weighted by Gasteiger charge is 2.15. The van der Waals surface area contributed by atoms with Gasteiger partial charge in [0.25, 0.3) is 5.91 Å². The Kier molecular flexibility index (Phi) is 4.52. The summed E-state index contributed by atoms with van der Waals surface area (Å²) in [4.78, 5) is 20.7. The normalized spacial score (nSPS) is 10.3. The molecule has 2 aromatic rings. The lowest BCUT2D eigenvalue weighted by molar-refractivity contribution is 0.0955. The average molecular weight is 291 g/mol. The molecule has 0 saturated carbocycles. The first-order chi connectivity index (χ1) is 9.61. The number of thiazole rings is 1. The van der Waals surface area contributed by atoms with Crippen LogP contribution in [0.1, 0.15) is 27.7 Å². The predicted molar refractivity (Wildman–Crippen MR) is 80.8 cm³/mol. The van der Waals surface area contributed by atoms with E-state index in [1.165, 1.54) is 11.3 Å². The summed E-state index contributed by atoms with van der Waals surface area (Å²) in [5, 5.41) is 6.56. The minimum atomic E-state index is -0.208. The van der Waals surface area contributed by atoms with Crippen LogP contribution in [-0.2, 0) is 6.54 Å². The number of aromatic nitrogens is 2. The van der Waals surface area contributed by atoms with Crippen molar-refractivity contribution in [3.8, 4) is 0 Å². The van der Waals surface area contributed by atoms with Crippen molar-refractivity contribution in [3.63, 3.8) is 0 Å². The number of anilines is 2. The van der Waals surface area contributed by atoms with Crippen molar-refractivity contribution in [2.75, 3.05) is 17.6 Å². The minimum absolute atomic E-state index is 0.208. The van der Waals surface area contributed by atoms with Gasteiger partial charge in [0.15, 0.2) is 5.13 Å². The molecule has 2 aromatic heterocycles. The van der Waals surface area contributed by atoms with E-state index in [4.69, 9.17) is 5.73 Å². The summed E-state index contributed by atoms with van der Waals surface area (Å²) < 4.78 is 0. The van der Waals surface area contributed by atoms with E-state index in [-0.39, 0.29) is 11.7 Å². The lowest BCUT2D eigenvalue weighted by Crippen LogP contribution is -2.23. The lowest BCUT2D eigenvalue weighted by Gasteiger charge is -2.06. The van der Waals surface area contributed by atoms with Crippen LogP contribution >= 0.6 is 11.3 Å². The summed E-state index contributed by atoms with van der Waals surface area (Å²) in [6, 6.07) is 1.88. The molecule has 0 radical (unpaired) electrons. The zero-order valence-corrected chi connectivity index (χ0v) is 12.3. The fraction of sp³-hybridized carbons (Fsp3) is 0.308. The van der Waals surface area contributed by atoms with Crippen LogP contribution in [0.5, 0.6) is 0 Å². The van der Waals surface area contributed by atoms with Gasteiger partial charge in [-0.1, -0.05) is 11.3 Å². The number of carbonyl (C=O) groups is 1. The molecule has 2 rings (SSSR count). The Morgan fingerprint density at radius 1 is 1.50 bits per heavy atom. The molecule has 0 aromatic carbocycles. The molecule has 1 amide bonds. The first-order valence-electron chi connectivity index (χ1n) is 6.29. The molecule has 0 aliphatic carbocycles. The first-order valence-corrected chi connectivity index (χ1v) is 7.11.